The number of benzene rings is 2. The maximum Gasteiger partial charge on any atom is 0.259 e. The predicted octanol–water partition coefficient (Wildman–Crippen LogP) is 5.42. The Balaban J connectivity index is 1.59. The second-order valence-corrected chi connectivity index (χ2v) is 7.47. The standard InChI is InChI=1S/C17H11Cl2N3O2S/c18-9-1-3-15-13(5-9)22-16(23)12-6-10(2-4-14(12)24-15)20-7-11-8-21-17(19)25-11/h1-6,8,20H,7H2,(H,22,23). The van der Waals surface area contributed by atoms with Gasteiger partial charge in [-0.3, -0.25) is 4.79 Å². The molecular formula is C17H11Cl2N3O2S. The summed E-state index contributed by atoms with van der Waals surface area (Å²) in [5.74, 6) is 0.793. The molecule has 25 heavy (non-hydrogen) atoms. The van der Waals surface area contributed by atoms with Gasteiger partial charge in [-0.05, 0) is 36.4 Å². The van der Waals surface area contributed by atoms with E-state index in [1.165, 1.54) is 11.3 Å². The van der Waals surface area contributed by atoms with Crippen molar-refractivity contribution in [1.82, 2.24) is 4.98 Å². The molecule has 0 spiro atoms. The van der Waals surface area contributed by atoms with Gasteiger partial charge in [-0.25, -0.2) is 4.98 Å². The molecular weight excluding hydrogens is 381 g/mol. The van der Waals surface area contributed by atoms with Crippen molar-refractivity contribution in [3.05, 3.63) is 62.5 Å². The van der Waals surface area contributed by atoms with Crippen molar-refractivity contribution in [2.45, 2.75) is 6.54 Å². The van der Waals surface area contributed by atoms with Gasteiger partial charge in [0.15, 0.2) is 10.2 Å². The van der Waals surface area contributed by atoms with E-state index in [9.17, 15) is 4.79 Å². The minimum atomic E-state index is -0.250. The molecule has 126 valence electrons. The number of carbonyl (C=O) groups excluding carboxylic acids is 1. The van der Waals surface area contributed by atoms with Gasteiger partial charge >= 0.3 is 0 Å². The lowest BCUT2D eigenvalue weighted by Gasteiger charge is -2.10. The molecule has 0 bridgehead atoms. The number of anilines is 2. The second kappa shape index (κ2) is 6.55. The molecule has 1 aliphatic rings. The van der Waals surface area contributed by atoms with Gasteiger partial charge < -0.3 is 15.4 Å². The van der Waals surface area contributed by atoms with Crippen LogP contribution in [0.1, 0.15) is 15.2 Å². The van der Waals surface area contributed by atoms with E-state index in [1.54, 1.807) is 36.5 Å². The number of thiazole rings is 1. The summed E-state index contributed by atoms with van der Waals surface area (Å²) in [4.78, 5) is 17.5. The Morgan fingerprint density at radius 2 is 2.00 bits per heavy atom. The molecule has 8 heteroatoms. The summed E-state index contributed by atoms with van der Waals surface area (Å²) in [7, 11) is 0. The quantitative estimate of drug-likeness (QED) is 0.625. The maximum atomic E-state index is 12.5. The lowest BCUT2D eigenvalue weighted by Crippen LogP contribution is -2.11. The molecule has 0 fully saturated rings. The molecule has 3 aromatic rings. The van der Waals surface area contributed by atoms with Crippen LogP contribution in [0.15, 0.2) is 42.6 Å². The van der Waals surface area contributed by atoms with Crippen LogP contribution in [-0.2, 0) is 6.54 Å². The molecule has 0 unspecified atom stereocenters. The minimum Gasteiger partial charge on any atom is -0.454 e. The van der Waals surface area contributed by atoms with E-state index in [0.29, 0.717) is 38.8 Å². The van der Waals surface area contributed by atoms with Crippen molar-refractivity contribution in [2.75, 3.05) is 10.6 Å². The average Bonchev–Trinajstić information content (AvgIpc) is 2.95. The van der Waals surface area contributed by atoms with Crippen molar-refractivity contribution in [3.63, 3.8) is 0 Å². The highest BCUT2D eigenvalue weighted by molar-refractivity contribution is 7.15. The van der Waals surface area contributed by atoms with Crippen LogP contribution in [0.25, 0.3) is 0 Å². The lowest BCUT2D eigenvalue weighted by molar-refractivity contribution is 0.102. The molecule has 0 saturated carbocycles. The van der Waals surface area contributed by atoms with Gasteiger partial charge in [-0.1, -0.05) is 23.2 Å². The zero-order chi connectivity index (χ0) is 17.4. The molecule has 0 atom stereocenters. The third kappa shape index (κ3) is 3.42. The molecule has 1 aliphatic heterocycles. The van der Waals surface area contributed by atoms with E-state index in [-0.39, 0.29) is 5.91 Å². The molecule has 1 aromatic heterocycles. The average molecular weight is 392 g/mol. The minimum absolute atomic E-state index is 0.250. The number of nitrogens with zero attached hydrogens (tertiary/aromatic N) is 1. The van der Waals surface area contributed by atoms with Gasteiger partial charge in [0, 0.05) is 21.8 Å². The molecule has 1 amide bonds. The Hall–Kier alpha value is -2.28. The maximum absolute atomic E-state index is 12.5. The fraction of sp³-hybridized carbons (Fsp3) is 0.0588. The van der Waals surface area contributed by atoms with Crippen LogP contribution >= 0.6 is 34.5 Å². The summed E-state index contributed by atoms with van der Waals surface area (Å²) < 4.78 is 6.36. The van der Waals surface area contributed by atoms with E-state index in [1.807, 2.05) is 6.07 Å². The van der Waals surface area contributed by atoms with Crippen molar-refractivity contribution in [3.8, 4) is 11.5 Å². The molecule has 2 aromatic carbocycles. The van der Waals surface area contributed by atoms with Crippen LogP contribution in [0.4, 0.5) is 11.4 Å². The van der Waals surface area contributed by atoms with E-state index < -0.39 is 0 Å². The number of rotatable bonds is 3. The monoisotopic (exact) mass is 391 g/mol. The zero-order valence-corrected chi connectivity index (χ0v) is 15.0. The SMILES string of the molecule is O=C1Nc2cc(Cl)ccc2Oc2ccc(NCc3cnc(Cl)s3)cc21. The Kier molecular flexibility index (Phi) is 4.25. The Morgan fingerprint density at radius 3 is 2.80 bits per heavy atom. The van der Waals surface area contributed by atoms with Crippen molar-refractivity contribution in [2.24, 2.45) is 0 Å². The van der Waals surface area contributed by atoms with Crippen molar-refractivity contribution in [1.29, 1.82) is 0 Å². The fourth-order valence-corrected chi connectivity index (χ4v) is 3.55. The van der Waals surface area contributed by atoms with E-state index in [4.69, 9.17) is 27.9 Å². The Bertz CT molecular complexity index is 974. The van der Waals surface area contributed by atoms with Gasteiger partial charge in [-0.2, -0.15) is 0 Å². The number of aromatic nitrogens is 1. The van der Waals surface area contributed by atoms with Crippen LogP contribution in [0.2, 0.25) is 9.49 Å². The third-order valence-electron chi connectivity index (χ3n) is 3.63. The molecule has 4 rings (SSSR count). The molecule has 2 N–H and O–H groups in total. The van der Waals surface area contributed by atoms with E-state index >= 15 is 0 Å². The lowest BCUT2D eigenvalue weighted by atomic mass is 10.1. The van der Waals surface area contributed by atoms with E-state index in [2.05, 4.69) is 15.6 Å². The number of fused-ring (bicyclic) bond motifs is 2. The largest absolute Gasteiger partial charge is 0.454 e. The molecule has 0 saturated heterocycles. The number of halogens is 2. The predicted molar refractivity (Wildman–Crippen MR) is 100 cm³/mol. The molecule has 5 nitrogen and oxygen atoms in total. The number of ether oxygens (including phenoxy) is 1. The highest BCUT2D eigenvalue weighted by atomic mass is 35.5. The first-order chi connectivity index (χ1) is 12.1. The van der Waals surface area contributed by atoms with Crippen LogP contribution < -0.4 is 15.4 Å². The first kappa shape index (κ1) is 16.2. The molecule has 0 aliphatic carbocycles. The van der Waals surface area contributed by atoms with Crippen LogP contribution in [-0.4, -0.2) is 10.9 Å². The van der Waals surface area contributed by atoms with Crippen molar-refractivity contribution >= 4 is 51.8 Å². The number of amides is 1. The summed E-state index contributed by atoms with van der Waals surface area (Å²) in [6.07, 6.45) is 1.72. The first-order valence-corrected chi connectivity index (χ1v) is 8.92. The number of hydrogen-bond acceptors (Lipinski definition) is 5. The topological polar surface area (TPSA) is 63.2 Å². The van der Waals surface area contributed by atoms with Gasteiger partial charge in [0.25, 0.3) is 5.91 Å². The summed E-state index contributed by atoms with van der Waals surface area (Å²) in [5.41, 5.74) is 1.79. The summed E-state index contributed by atoms with van der Waals surface area (Å²) in [6, 6.07) is 10.5. The molecule has 2 heterocycles. The highest BCUT2D eigenvalue weighted by Crippen LogP contribution is 2.38. The van der Waals surface area contributed by atoms with Gasteiger partial charge in [0.1, 0.15) is 5.75 Å². The normalized spacial score (nSPS) is 12.5. The van der Waals surface area contributed by atoms with Crippen LogP contribution in [0, 0.1) is 0 Å². The van der Waals surface area contributed by atoms with Crippen molar-refractivity contribution < 1.29 is 9.53 Å². The Morgan fingerprint density at radius 1 is 1.16 bits per heavy atom. The highest BCUT2D eigenvalue weighted by Gasteiger charge is 2.21. The molecule has 0 radical (unpaired) electrons. The zero-order valence-electron chi connectivity index (χ0n) is 12.7. The summed E-state index contributed by atoms with van der Waals surface area (Å²) in [5, 5.41) is 6.60. The van der Waals surface area contributed by atoms with Gasteiger partial charge in [0.2, 0.25) is 0 Å². The Labute approximate surface area is 157 Å². The fourth-order valence-electron chi connectivity index (χ4n) is 2.46. The van der Waals surface area contributed by atoms with Crippen LogP contribution in [0.3, 0.4) is 0 Å². The second-order valence-electron chi connectivity index (χ2n) is 5.34. The third-order valence-corrected chi connectivity index (χ3v) is 4.98. The smallest absolute Gasteiger partial charge is 0.259 e. The van der Waals surface area contributed by atoms with Gasteiger partial charge in [-0.15, -0.1) is 11.3 Å². The number of carbonyl (C=O) groups is 1. The first-order valence-electron chi connectivity index (χ1n) is 7.35. The van der Waals surface area contributed by atoms with Crippen LogP contribution in [0.5, 0.6) is 11.5 Å². The number of nitrogens with one attached hydrogen (secondary N) is 2. The number of hydrogen-bond donors (Lipinski definition) is 2. The van der Waals surface area contributed by atoms with Gasteiger partial charge in [0.05, 0.1) is 17.8 Å². The van der Waals surface area contributed by atoms with E-state index in [0.717, 1.165) is 10.6 Å². The summed E-state index contributed by atoms with van der Waals surface area (Å²) in [6.45, 7) is 0.571. The summed E-state index contributed by atoms with van der Waals surface area (Å²) >= 11 is 13.2.